The number of unbranched alkanes of at least 4 members (excludes halogenated alkanes) is 2. The van der Waals surface area contributed by atoms with Gasteiger partial charge < -0.3 is 12.4 Å². The summed E-state index contributed by atoms with van der Waals surface area (Å²) >= 11 is 0. The number of nitrogens with zero attached hydrogens (tertiary/aromatic N) is 1. The van der Waals surface area contributed by atoms with E-state index in [1.165, 1.54) is 0 Å². The van der Waals surface area contributed by atoms with Crippen molar-refractivity contribution in [3.8, 4) is 0 Å². The summed E-state index contributed by atoms with van der Waals surface area (Å²) < 4.78 is 0. The molecular formula is C8H16ClNO3. The van der Waals surface area contributed by atoms with E-state index in [9.17, 15) is 9.70 Å². The Morgan fingerprint density at radius 1 is 1.31 bits per heavy atom. The van der Waals surface area contributed by atoms with Crippen molar-refractivity contribution in [1.82, 2.24) is 0 Å². The van der Waals surface area contributed by atoms with Gasteiger partial charge in [0.2, 0.25) is 0 Å². The Labute approximate surface area is 84.6 Å². The lowest BCUT2D eigenvalue weighted by Crippen LogP contribution is -3.00. The molecule has 0 aliphatic rings. The maximum Gasteiger partial charge on any atom is 0.490 e. The van der Waals surface area contributed by atoms with Gasteiger partial charge in [-0.05, 0) is 6.42 Å². The van der Waals surface area contributed by atoms with Crippen molar-refractivity contribution in [2.45, 2.75) is 39.5 Å². The third-order valence-electron chi connectivity index (χ3n) is 1.46. The fourth-order valence-corrected chi connectivity index (χ4v) is 0.701. The van der Waals surface area contributed by atoms with Gasteiger partial charge in [0.05, 0.1) is 11.3 Å². The summed E-state index contributed by atoms with van der Waals surface area (Å²) in [6.45, 7) is 4.03. The van der Waals surface area contributed by atoms with E-state index in [0.29, 0.717) is 6.61 Å². The molecule has 0 fully saturated rings. The number of carbonyl (C=O) groups excluding carboxylic acids is 1. The van der Waals surface area contributed by atoms with Gasteiger partial charge in [-0.15, -0.1) is 0 Å². The molecule has 78 valence electrons. The smallest absolute Gasteiger partial charge is 0.490 e. The van der Waals surface area contributed by atoms with Crippen molar-refractivity contribution < 1.29 is 27.0 Å². The molecule has 0 saturated carbocycles. The number of halogens is 1. The molecule has 0 aromatic carbocycles. The Hall–Kier alpha value is -0.640. The highest BCUT2D eigenvalue weighted by molar-refractivity contribution is 5.65. The fraction of sp³-hybridized carbons (Fsp3) is 0.875. The third-order valence-corrected chi connectivity index (χ3v) is 1.46. The number of amides is 1. The maximum atomic E-state index is 10.7. The Morgan fingerprint density at radius 3 is 2.38 bits per heavy atom. The molecule has 0 spiro atoms. The molecule has 0 aliphatic heterocycles. The lowest BCUT2D eigenvalue weighted by atomic mass is 10.3. The minimum atomic E-state index is -0.522. The number of hydrogen-bond donors (Lipinski definition) is 0. The zero-order chi connectivity index (χ0) is 9.40. The topological polar surface area (TPSA) is 46.4 Å². The van der Waals surface area contributed by atoms with Gasteiger partial charge in [-0.2, -0.15) is 0 Å². The summed E-state index contributed by atoms with van der Waals surface area (Å²) in [6.07, 6.45) is 3.11. The van der Waals surface area contributed by atoms with Crippen LogP contribution in [0.1, 0.15) is 39.5 Å². The van der Waals surface area contributed by atoms with Crippen LogP contribution in [0.3, 0.4) is 0 Å². The number of carbonyl (C=O) groups is 1. The highest BCUT2D eigenvalue weighted by atomic mass is 35.5. The van der Waals surface area contributed by atoms with Gasteiger partial charge in [0.1, 0.15) is 0 Å². The molecule has 0 aliphatic carbocycles. The molecule has 0 saturated heterocycles. The zero-order valence-corrected chi connectivity index (χ0v) is 8.84. The van der Waals surface area contributed by atoms with Crippen molar-refractivity contribution in [2.75, 3.05) is 6.61 Å². The second kappa shape index (κ2) is 9.45. The van der Waals surface area contributed by atoms with E-state index < -0.39 is 5.91 Å². The molecule has 13 heavy (non-hydrogen) atoms. The Kier molecular flexibility index (Phi) is 10.8. The molecular weight excluding hydrogens is 194 g/mol. The summed E-state index contributed by atoms with van der Waals surface area (Å²) in [7, 11) is 0. The quantitative estimate of drug-likeness (QED) is 0.409. The van der Waals surface area contributed by atoms with E-state index in [1.54, 1.807) is 6.92 Å². The van der Waals surface area contributed by atoms with E-state index >= 15 is 0 Å². The monoisotopic (exact) mass is 209 g/mol. The SMILES string of the molecule is CCCCCO[N+](=O)C(=O)CC.[Cl-]. The number of hydrogen-bond acceptors (Lipinski definition) is 3. The average Bonchev–Trinajstić information content (AvgIpc) is 2.10. The van der Waals surface area contributed by atoms with Crippen molar-refractivity contribution in [1.29, 1.82) is 0 Å². The van der Waals surface area contributed by atoms with Crippen LogP contribution < -0.4 is 12.4 Å². The normalized spacial score (nSPS) is 8.77. The molecule has 0 bridgehead atoms. The van der Waals surface area contributed by atoms with Crippen molar-refractivity contribution in [2.24, 2.45) is 0 Å². The highest BCUT2D eigenvalue weighted by Crippen LogP contribution is 1.95. The minimum absolute atomic E-state index is 0. The first-order chi connectivity index (χ1) is 5.72. The summed E-state index contributed by atoms with van der Waals surface area (Å²) in [5.74, 6) is -0.522. The van der Waals surface area contributed by atoms with Crippen molar-refractivity contribution in [3.63, 3.8) is 0 Å². The van der Waals surface area contributed by atoms with Crippen LogP contribution in [0.2, 0.25) is 0 Å². The third kappa shape index (κ3) is 7.71. The minimum Gasteiger partial charge on any atom is -1.00 e. The zero-order valence-electron chi connectivity index (χ0n) is 8.09. The highest BCUT2D eigenvalue weighted by Gasteiger charge is 2.21. The van der Waals surface area contributed by atoms with Crippen molar-refractivity contribution in [3.05, 3.63) is 4.91 Å². The van der Waals surface area contributed by atoms with Crippen LogP contribution in [0.5, 0.6) is 0 Å². The number of rotatable bonds is 6. The van der Waals surface area contributed by atoms with E-state index in [4.69, 9.17) is 0 Å². The standard InChI is InChI=1S/C8H16NO3.ClH/c1-3-5-6-7-12-9(11)8(10)4-2;/h3-7H2,1-2H3;1H/q+1;/p-1. The molecule has 0 rings (SSSR count). The predicted octanol–water partition coefficient (Wildman–Crippen LogP) is -1.17. The molecule has 0 aromatic rings. The van der Waals surface area contributed by atoms with Crippen molar-refractivity contribution >= 4 is 5.91 Å². The molecule has 0 aromatic heterocycles. The lowest BCUT2D eigenvalue weighted by Gasteiger charge is -1.92. The molecule has 5 heteroatoms. The van der Waals surface area contributed by atoms with E-state index in [2.05, 4.69) is 11.8 Å². The first-order valence-corrected chi connectivity index (χ1v) is 4.35. The summed E-state index contributed by atoms with van der Waals surface area (Å²) in [4.78, 5) is 26.1. The second-order valence-corrected chi connectivity index (χ2v) is 2.54. The predicted molar refractivity (Wildman–Crippen MR) is 44.4 cm³/mol. The lowest BCUT2D eigenvalue weighted by molar-refractivity contribution is -0.737. The largest absolute Gasteiger partial charge is 1.00 e. The molecule has 0 N–H and O–H groups in total. The van der Waals surface area contributed by atoms with Gasteiger partial charge in [-0.3, -0.25) is 0 Å². The van der Waals surface area contributed by atoms with E-state index in [1.807, 2.05) is 0 Å². The molecule has 0 heterocycles. The van der Waals surface area contributed by atoms with Gasteiger partial charge in [0.15, 0.2) is 6.61 Å². The molecule has 4 nitrogen and oxygen atoms in total. The summed E-state index contributed by atoms with van der Waals surface area (Å²) in [5.41, 5.74) is 0. The van der Waals surface area contributed by atoms with Gasteiger partial charge in [-0.25, -0.2) is 9.63 Å². The second-order valence-electron chi connectivity index (χ2n) is 2.54. The molecule has 0 unspecified atom stereocenters. The van der Waals surface area contributed by atoms with Gasteiger partial charge in [0.25, 0.3) is 4.92 Å². The Morgan fingerprint density at radius 2 is 1.92 bits per heavy atom. The first kappa shape index (κ1) is 14.9. The fourth-order valence-electron chi connectivity index (χ4n) is 0.701. The summed E-state index contributed by atoms with van der Waals surface area (Å²) in [6, 6.07) is 0. The summed E-state index contributed by atoms with van der Waals surface area (Å²) in [5, 5.41) is 0. The van der Waals surface area contributed by atoms with Crippen LogP contribution in [0.25, 0.3) is 0 Å². The molecule has 1 amide bonds. The van der Waals surface area contributed by atoms with E-state index in [0.717, 1.165) is 19.3 Å². The van der Waals surface area contributed by atoms with Gasteiger partial charge in [0, 0.05) is 0 Å². The maximum absolute atomic E-state index is 10.7. The van der Waals surface area contributed by atoms with Gasteiger partial charge in [-0.1, -0.05) is 26.7 Å². The van der Waals surface area contributed by atoms with Crippen LogP contribution in [-0.4, -0.2) is 17.4 Å². The van der Waals surface area contributed by atoms with Gasteiger partial charge >= 0.3 is 5.91 Å². The molecule has 0 radical (unpaired) electrons. The Balaban J connectivity index is 0. The van der Waals surface area contributed by atoms with E-state index in [-0.39, 0.29) is 23.8 Å². The van der Waals surface area contributed by atoms with Crippen LogP contribution >= 0.6 is 0 Å². The van der Waals surface area contributed by atoms with Crippen LogP contribution in [0.4, 0.5) is 0 Å². The van der Waals surface area contributed by atoms with Crippen LogP contribution in [-0.2, 0) is 9.63 Å². The van der Waals surface area contributed by atoms with Crippen LogP contribution in [0.15, 0.2) is 0 Å². The average molecular weight is 210 g/mol. The first-order valence-electron chi connectivity index (χ1n) is 4.35. The van der Waals surface area contributed by atoms with Crippen LogP contribution in [0, 0.1) is 4.91 Å². The Bertz CT molecular complexity index is 161. The molecule has 0 atom stereocenters.